The number of ether oxygens (including phenoxy) is 1. The maximum absolute atomic E-state index is 12.5. The molecule has 0 aromatic rings. The first kappa shape index (κ1) is 70.9. The molecule has 0 aromatic heterocycles. The minimum absolute atomic E-state index is 0.0206. The number of hydrogen-bond acceptors (Lipinski definition) is 5. The Morgan fingerprint density at radius 2 is 0.569 bits per heavy atom. The van der Waals surface area contributed by atoms with E-state index in [0.29, 0.717) is 25.9 Å². The van der Waals surface area contributed by atoms with Gasteiger partial charge in [0.1, 0.15) is 0 Å². The van der Waals surface area contributed by atoms with Crippen molar-refractivity contribution in [2.75, 3.05) is 13.2 Å². The molecule has 0 bridgehead atoms. The number of nitrogens with one attached hydrogen (secondary N) is 1. The number of esters is 1. The number of unbranched alkanes of at least 4 members (excludes halogenated alkanes) is 52. The molecule has 0 aliphatic heterocycles. The predicted octanol–water partition coefficient (Wildman–Crippen LogP) is 21.0. The van der Waals surface area contributed by atoms with Gasteiger partial charge in [-0.2, -0.15) is 0 Å². The molecule has 2 unspecified atom stereocenters. The number of carbonyl (C=O) groups is 2. The second-order valence-electron chi connectivity index (χ2n) is 23.2. The molecule has 0 aliphatic carbocycles. The molecule has 3 N–H and O–H groups in total. The Labute approximate surface area is 451 Å². The second kappa shape index (κ2) is 62.4. The van der Waals surface area contributed by atoms with Crippen molar-refractivity contribution in [3.8, 4) is 0 Å². The summed E-state index contributed by atoms with van der Waals surface area (Å²) in [5.74, 6) is -0.0101. The van der Waals surface area contributed by atoms with E-state index in [-0.39, 0.29) is 18.5 Å². The number of rotatable bonds is 63. The van der Waals surface area contributed by atoms with Crippen LogP contribution in [0.1, 0.15) is 386 Å². The smallest absolute Gasteiger partial charge is 0.305 e. The Hall–Kier alpha value is -1.14. The molecule has 0 aromatic carbocycles. The Morgan fingerprint density at radius 3 is 0.847 bits per heavy atom. The van der Waals surface area contributed by atoms with Crippen LogP contribution in [0.25, 0.3) is 0 Å². The molecule has 0 spiro atoms. The van der Waals surface area contributed by atoms with E-state index in [0.717, 1.165) is 38.5 Å². The average molecular weight is 1020 g/mol. The van der Waals surface area contributed by atoms with Gasteiger partial charge < -0.3 is 20.3 Å². The van der Waals surface area contributed by atoms with Crippen LogP contribution >= 0.6 is 0 Å². The SMILES string of the molecule is CCCCCCCCCCCCCCCCCCCC(=O)OCCCCCCCCCCCCCCCCCCCCCCCCCCC(=O)NC(CO)C(O)CCCCCCCCCCCCCCCC. The molecule has 0 heterocycles. The third-order valence-electron chi connectivity index (χ3n) is 15.9. The topological polar surface area (TPSA) is 95.9 Å². The maximum Gasteiger partial charge on any atom is 0.305 e. The lowest BCUT2D eigenvalue weighted by atomic mass is 10.0. The fraction of sp³-hybridized carbons (Fsp3) is 0.970. The monoisotopic (exact) mass is 1020 g/mol. The predicted molar refractivity (Wildman–Crippen MR) is 315 cm³/mol. The molecule has 72 heavy (non-hydrogen) atoms. The fourth-order valence-electron chi connectivity index (χ4n) is 10.8. The molecule has 0 saturated heterocycles. The van der Waals surface area contributed by atoms with E-state index in [1.165, 1.54) is 315 Å². The van der Waals surface area contributed by atoms with Crippen LogP contribution in [0.3, 0.4) is 0 Å². The van der Waals surface area contributed by atoms with Crippen LogP contribution in [0.15, 0.2) is 0 Å². The van der Waals surface area contributed by atoms with Crippen molar-refractivity contribution in [3.63, 3.8) is 0 Å². The fourth-order valence-corrected chi connectivity index (χ4v) is 10.8. The van der Waals surface area contributed by atoms with Gasteiger partial charge in [-0.05, 0) is 25.7 Å². The summed E-state index contributed by atoms with van der Waals surface area (Å²) in [5.41, 5.74) is 0. The number of amides is 1. The van der Waals surface area contributed by atoms with Crippen molar-refractivity contribution in [1.29, 1.82) is 0 Å². The van der Waals surface area contributed by atoms with E-state index in [4.69, 9.17) is 4.74 Å². The molecule has 1 amide bonds. The first-order valence-electron chi connectivity index (χ1n) is 33.3. The lowest BCUT2D eigenvalue weighted by Gasteiger charge is -2.22. The van der Waals surface area contributed by atoms with Gasteiger partial charge in [-0.15, -0.1) is 0 Å². The second-order valence-corrected chi connectivity index (χ2v) is 23.2. The highest BCUT2D eigenvalue weighted by molar-refractivity contribution is 5.76. The largest absolute Gasteiger partial charge is 0.466 e. The highest BCUT2D eigenvalue weighted by Gasteiger charge is 2.20. The quantitative estimate of drug-likeness (QED) is 0.0417. The Morgan fingerprint density at radius 1 is 0.333 bits per heavy atom. The van der Waals surface area contributed by atoms with Crippen LogP contribution in [0.5, 0.6) is 0 Å². The van der Waals surface area contributed by atoms with Gasteiger partial charge >= 0.3 is 5.97 Å². The molecule has 0 radical (unpaired) electrons. The normalized spacial score (nSPS) is 12.4. The van der Waals surface area contributed by atoms with Crippen LogP contribution in [0.4, 0.5) is 0 Å². The van der Waals surface area contributed by atoms with Crippen LogP contribution in [0.2, 0.25) is 0 Å². The minimum atomic E-state index is -0.662. The van der Waals surface area contributed by atoms with Crippen LogP contribution in [-0.2, 0) is 14.3 Å². The third kappa shape index (κ3) is 58.1. The van der Waals surface area contributed by atoms with Gasteiger partial charge in [0.2, 0.25) is 5.91 Å². The first-order chi connectivity index (χ1) is 35.5. The standard InChI is InChI=1S/C66H131NO5/c1-3-5-7-9-11-13-15-17-19-28-32-36-40-44-48-52-56-60-66(71)72-61-57-53-49-45-41-37-33-30-27-25-23-21-20-22-24-26-29-31-35-39-43-47-51-55-59-65(70)67-63(62-68)64(69)58-54-50-46-42-38-34-18-16-14-12-10-8-6-4-2/h63-64,68-69H,3-62H2,1-2H3,(H,67,70). The Balaban J connectivity index is 3.33. The zero-order valence-electron chi connectivity index (χ0n) is 49.2. The van der Waals surface area contributed by atoms with E-state index < -0.39 is 12.1 Å². The summed E-state index contributed by atoms with van der Waals surface area (Å²) in [4.78, 5) is 24.6. The van der Waals surface area contributed by atoms with Gasteiger partial charge in [0.15, 0.2) is 0 Å². The summed E-state index contributed by atoms with van der Waals surface area (Å²) in [6, 6.07) is -0.539. The van der Waals surface area contributed by atoms with Crippen molar-refractivity contribution >= 4 is 11.9 Å². The molecule has 6 nitrogen and oxygen atoms in total. The molecular formula is C66H131NO5. The van der Waals surface area contributed by atoms with Crippen molar-refractivity contribution in [2.45, 2.75) is 398 Å². The summed E-state index contributed by atoms with van der Waals surface area (Å²) in [7, 11) is 0. The van der Waals surface area contributed by atoms with Crippen molar-refractivity contribution in [2.24, 2.45) is 0 Å². The van der Waals surface area contributed by atoms with E-state index in [9.17, 15) is 19.8 Å². The molecule has 0 rings (SSSR count). The van der Waals surface area contributed by atoms with Gasteiger partial charge in [-0.25, -0.2) is 0 Å². The summed E-state index contributed by atoms with van der Waals surface area (Å²) >= 11 is 0. The molecular weight excluding hydrogens is 887 g/mol. The van der Waals surface area contributed by atoms with Gasteiger partial charge in [-0.1, -0.05) is 348 Å². The average Bonchev–Trinajstić information content (AvgIpc) is 3.38. The molecule has 0 saturated carbocycles. The van der Waals surface area contributed by atoms with Gasteiger partial charge in [0.05, 0.1) is 25.4 Å². The van der Waals surface area contributed by atoms with E-state index >= 15 is 0 Å². The third-order valence-corrected chi connectivity index (χ3v) is 15.9. The highest BCUT2D eigenvalue weighted by atomic mass is 16.5. The number of hydrogen-bond donors (Lipinski definition) is 3. The lowest BCUT2D eigenvalue weighted by molar-refractivity contribution is -0.143. The van der Waals surface area contributed by atoms with E-state index in [2.05, 4.69) is 19.2 Å². The summed E-state index contributed by atoms with van der Waals surface area (Å²) < 4.78 is 5.50. The molecule has 0 fully saturated rings. The first-order valence-corrected chi connectivity index (χ1v) is 33.3. The van der Waals surface area contributed by atoms with Crippen LogP contribution in [0, 0.1) is 0 Å². The zero-order valence-corrected chi connectivity index (χ0v) is 49.2. The summed E-state index contributed by atoms with van der Waals surface area (Å²) in [6.07, 6.45) is 74.2. The zero-order chi connectivity index (χ0) is 52.2. The van der Waals surface area contributed by atoms with Crippen LogP contribution < -0.4 is 5.32 Å². The van der Waals surface area contributed by atoms with Crippen molar-refractivity contribution in [1.82, 2.24) is 5.32 Å². The van der Waals surface area contributed by atoms with Gasteiger partial charge in [-0.3, -0.25) is 9.59 Å². The minimum Gasteiger partial charge on any atom is -0.466 e. The van der Waals surface area contributed by atoms with E-state index in [1.807, 2.05) is 0 Å². The Bertz CT molecular complexity index is 1040. The summed E-state index contributed by atoms with van der Waals surface area (Å²) in [5, 5.41) is 23.3. The highest BCUT2D eigenvalue weighted by Crippen LogP contribution is 2.19. The van der Waals surface area contributed by atoms with Gasteiger partial charge in [0.25, 0.3) is 0 Å². The lowest BCUT2D eigenvalue weighted by Crippen LogP contribution is -2.45. The Kier molecular flexibility index (Phi) is 61.4. The molecule has 2 atom stereocenters. The number of aliphatic hydroxyl groups excluding tert-OH is 2. The van der Waals surface area contributed by atoms with Crippen molar-refractivity contribution in [3.05, 3.63) is 0 Å². The maximum atomic E-state index is 12.5. The number of carbonyl (C=O) groups excluding carboxylic acids is 2. The molecule has 6 heteroatoms. The number of aliphatic hydroxyl groups is 2. The van der Waals surface area contributed by atoms with Gasteiger partial charge in [0, 0.05) is 12.8 Å². The van der Waals surface area contributed by atoms with E-state index in [1.54, 1.807) is 0 Å². The molecule has 430 valence electrons. The van der Waals surface area contributed by atoms with Crippen LogP contribution in [-0.4, -0.2) is 47.4 Å². The van der Waals surface area contributed by atoms with Crippen molar-refractivity contribution < 1.29 is 24.5 Å². The summed E-state index contributed by atoms with van der Waals surface area (Å²) in [6.45, 7) is 4.99. The molecule has 0 aliphatic rings.